The highest BCUT2D eigenvalue weighted by Crippen LogP contribution is 2.15. The highest BCUT2D eigenvalue weighted by molar-refractivity contribution is 7.07. The van der Waals surface area contributed by atoms with Crippen LogP contribution in [0.25, 0.3) is 0 Å². The van der Waals surface area contributed by atoms with Crippen molar-refractivity contribution < 1.29 is 4.79 Å². The number of amides is 1. The predicted octanol–water partition coefficient (Wildman–Crippen LogP) is 3.01. The maximum atomic E-state index is 12.6. The average molecular weight is 300 g/mol. The van der Waals surface area contributed by atoms with Gasteiger partial charge in [0.15, 0.2) is 0 Å². The van der Waals surface area contributed by atoms with Gasteiger partial charge >= 0.3 is 0 Å². The summed E-state index contributed by atoms with van der Waals surface area (Å²) in [6.07, 6.45) is 0. The Hall–Kier alpha value is -1.65. The van der Waals surface area contributed by atoms with E-state index in [9.17, 15) is 4.79 Å². The first-order valence-electron chi connectivity index (χ1n) is 7.32. The Morgan fingerprint density at radius 3 is 2.57 bits per heavy atom. The number of aryl methyl sites for hydroxylation is 1. The largest absolute Gasteiger partial charge is 0.336 e. The second-order valence-corrected chi connectivity index (χ2v) is 6.29. The molecule has 1 aliphatic rings. The van der Waals surface area contributed by atoms with Gasteiger partial charge in [-0.05, 0) is 40.9 Å². The fraction of sp³-hybridized carbons (Fsp3) is 0.353. The molecule has 0 aliphatic carbocycles. The summed E-state index contributed by atoms with van der Waals surface area (Å²) >= 11 is 1.74. The highest BCUT2D eigenvalue weighted by Gasteiger charge is 2.22. The molecule has 1 amide bonds. The van der Waals surface area contributed by atoms with Gasteiger partial charge in [-0.3, -0.25) is 9.69 Å². The van der Waals surface area contributed by atoms with Crippen LogP contribution in [0.4, 0.5) is 0 Å². The van der Waals surface area contributed by atoms with Crippen LogP contribution in [-0.2, 0) is 6.54 Å². The highest BCUT2D eigenvalue weighted by atomic mass is 32.1. The van der Waals surface area contributed by atoms with Crippen LogP contribution in [-0.4, -0.2) is 41.9 Å². The molecule has 3 rings (SSSR count). The second kappa shape index (κ2) is 6.41. The van der Waals surface area contributed by atoms with Crippen molar-refractivity contribution in [2.24, 2.45) is 0 Å². The van der Waals surface area contributed by atoms with Crippen molar-refractivity contribution in [2.45, 2.75) is 13.5 Å². The van der Waals surface area contributed by atoms with Crippen molar-refractivity contribution in [3.05, 3.63) is 57.8 Å². The van der Waals surface area contributed by atoms with Crippen molar-refractivity contribution in [1.29, 1.82) is 0 Å². The molecule has 0 radical (unpaired) electrons. The number of rotatable bonds is 3. The van der Waals surface area contributed by atoms with E-state index in [1.54, 1.807) is 11.3 Å². The Morgan fingerprint density at radius 1 is 1.14 bits per heavy atom. The van der Waals surface area contributed by atoms with E-state index in [0.717, 1.165) is 43.9 Å². The summed E-state index contributed by atoms with van der Waals surface area (Å²) in [6, 6.07) is 10.0. The van der Waals surface area contributed by atoms with E-state index in [1.165, 1.54) is 5.56 Å². The molecule has 1 saturated heterocycles. The maximum absolute atomic E-state index is 12.6. The maximum Gasteiger partial charge on any atom is 0.254 e. The van der Waals surface area contributed by atoms with E-state index in [4.69, 9.17) is 0 Å². The van der Waals surface area contributed by atoms with Gasteiger partial charge in [-0.25, -0.2) is 0 Å². The van der Waals surface area contributed by atoms with Crippen molar-refractivity contribution in [1.82, 2.24) is 9.80 Å². The lowest BCUT2D eigenvalue weighted by Gasteiger charge is -2.34. The van der Waals surface area contributed by atoms with Crippen molar-refractivity contribution in [2.75, 3.05) is 26.2 Å². The minimum Gasteiger partial charge on any atom is -0.336 e. The molecule has 0 saturated carbocycles. The summed E-state index contributed by atoms with van der Waals surface area (Å²) in [5.74, 6) is 0.170. The molecule has 1 aromatic carbocycles. The average Bonchev–Trinajstić information content (AvgIpc) is 3.01. The van der Waals surface area contributed by atoms with Crippen LogP contribution in [0.2, 0.25) is 0 Å². The van der Waals surface area contributed by atoms with E-state index in [0.29, 0.717) is 0 Å². The van der Waals surface area contributed by atoms with E-state index < -0.39 is 0 Å². The van der Waals surface area contributed by atoms with Crippen LogP contribution in [0.5, 0.6) is 0 Å². The summed E-state index contributed by atoms with van der Waals surface area (Å²) < 4.78 is 0. The van der Waals surface area contributed by atoms with Gasteiger partial charge in [0.25, 0.3) is 5.91 Å². The first kappa shape index (κ1) is 14.3. The monoisotopic (exact) mass is 300 g/mol. The van der Waals surface area contributed by atoms with Crippen LogP contribution >= 0.6 is 11.3 Å². The molecule has 1 fully saturated rings. The van der Waals surface area contributed by atoms with Crippen LogP contribution in [0.15, 0.2) is 41.1 Å². The van der Waals surface area contributed by atoms with E-state index >= 15 is 0 Å². The third-order valence-electron chi connectivity index (χ3n) is 4.02. The molecule has 4 heteroatoms. The van der Waals surface area contributed by atoms with Crippen LogP contribution < -0.4 is 0 Å². The van der Waals surface area contributed by atoms with E-state index in [-0.39, 0.29) is 5.91 Å². The minimum absolute atomic E-state index is 0.170. The van der Waals surface area contributed by atoms with Gasteiger partial charge < -0.3 is 4.90 Å². The molecule has 110 valence electrons. The first-order chi connectivity index (χ1) is 10.2. The molecule has 0 unspecified atom stereocenters. The molecule has 0 bridgehead atoms. The number of piperazine rings is 1. The van der Waals surface area contributed by atoms with Crippen LogP contribution in [0.3, 0.4) is 0 Å². The van der Waals surface area contributed by atoms with Crippen LogP contribution in [0, 0.1) is 6.92 Å². The summed E-state index contributed by atoms with van der Waals surface area (Å²) in [5, 5.41) is 4.32. The molecule has 3 nitrogen and oxygen atoms in total. The molecule has 21 heavy (non-hydrogen) atoms. The molecule has 1 aromatic heterocycles. The third kappa shape index (κ3) is 3.34. The Labute approximate surface area is 129 Å². The Bertz CT molecular complexity index is 601. The van der Waals surface area contributed by atoms with Crippen molar-refractivity contribution >= 4 is 17.2 Å². The smallest absolute Gasteiger partial charge is 0.254 e. The lowest BCUT2D eigenvalue weighted by Crippen LogP contribution is -2.48. The molecule has 0 spiro atoms. The molecule has 2 aromatic rings. The lowest BCUT2D eigenvalue weighted by atomic mass is 10.1. The van der Waals surface area contributed by atoms with Crippen molar-refractivity contribution in [3.8, 4) is 0 Å². The number of hydrogen-bond acceptors (Lipinski definition) is 3. The molecule has 1 aliphatic heterocycles. The van der Waals surface area contributed by atoms with Gasteiger partial charge in [0.2, 0.25) is 0 Å². The number of benzene rings is 1. The molecule has 2 heterocycles. The van der Waals surface area contributed by atoms with Gasteiger partial charge in [0.05, 0.1) is 0 Å². The normalized spacial score (nSPS) is 16.1. The number of carbonyl (C=O) groups is 1. The SMILES string of the molecule is Cc1ccccc1C(=O)N1CCN(Cc2ccsc2)CC1. The zero-order chi connectivity index (χ0) is 14.7. The molecule has 0 atom stereocenters. The Balaban J connectivity index is 1.58. The van der Waals surface area contributed by atoms with Crippen molar-refractivity contribution in [3.63, 3.8) is 0 Å². The second-order valence-electron chi connectivity index (χ2n) is 5.51. The number of thiophene rings is 1. The zero-order valence-corrected chi connectivity index (χ0v) is 13.1. The standard InChI is InChI=1S/C17H20N2OS/c1-14-4-2-3-5-16(14)17(20)19-9-7-18(8-10-19)12-15-6-11-21-13-15/h2-6,11,13H,7-10,12H2,1H3. The van der Waals surface area contributed by atoms with Gasteiger partial charge in [-0.15, -0.1) is 0 Å². The fourth-order valence-corrected chi connectivity index (χ4v) is 3.39. The first-order valence-corrected chi connectivity index (χ1v) is 8.26. The Morgan fingerprint density at radius 2 is 1.90 bits per heavy atom. The summed E-state index contributed by atoms with van der Waals surface area (Å²) in [5.41, 5.74) is 3.27. The summed E-state index contributed by atoms with van der Waals surface area (Å²) in [7, 11) is 0. The van der Waals surface area contributed by atoms with Gasteiger partial charge in [-0.2, -0.15) is 11.3 Å². The third-order valence-corrected chi connectivity index (χ3v) is 4.75. The number of carbonyl (C=O) groups excluding carboxylic acids is 1. The van der Waals surface area contributed by atoms with Gasteiger partial charge in [0.1, 0.15) is 0 Å². The molecule has 0 N–H and O–H groups in total. The predicted molar refractivity (Wildman–Crippen MR) is 86.7 cm³/mol. The molecular weight excluding hydrogens is 280 g/mol. The van der Waals surface area contributed by atoms with Gasteiger partial charge in [0, 0.05) is 38.3 Å². The molecular formula is C17H20N2OS. The van der Waals surface area contributed by atoms with Gasteiger partial charge in [-0.1, -0.05) is 18.2 Å². The lowest BCUT2D eigenvalue weighted by molar-refractivity contribution is 0.0628. The van der Waals surface area contributed by atoms with E-state index in [2.05, 4.69) is 21.7 Å². The Kier molecular flexibility index (Phi) is 4.36. The van der Waals surface area contributed by atoms with E-state index in [1.807, 2.05) is 36.1 Å². The zero-order valence-electron chi connectivity index (χ0n) is 12.3. The topological polar surface area (TPSA) is 23.6 Å². The number of nitrogens with zero attached hydrogens (tertiary/aromatic N) is 2. The number of hydrogen-bond donors (Lipinski definition) is 0. The fourth-order valence-electron chi connectivity index (χ4n) is 2.73. The summed E-state index contributed by atoms with van der Waals surface area (Å²) in [4.78, 5) is 17.0. The quantitative estimate of drug-likeness (QED) is 0.870. The summed E-state index contributed by atoms with van der Waals surface area (Å²) in [6.45, 7) is 6.53. The minimum atomic E-state index is 0.170. The van der Waals surface area contributed by atoms with Crippen LogP contribution in [0.1, 0.15) is 21.5 Å².